The lowest BCUT2D eigenvalue weighted by Crippen LogP contribution is -2.34. The van der Waals surface area contributed by atoms with Crippen LogP contribution in [-0.2, 0) is 4.74 Å². The predicted octanol–water partition coefficient (Wildman–Crippen LogP) is 3.52. The van der Waals surface area contributed by atoms with Gasteiger partial charge in [0.1, 0.15) is 0 Å². The van der Waals surface area contributed by atoms with Crippen LogP contribution in [0.2, 0.25) is 0 Å². The first kappa shape index (κ1) is 16.1. The van der Waals surface area contributed by atoms with Gasteiger partial charge < -0.3 is 15.0 Å². The molecular weight excluding hydrogens is 282 g/mol. The van der Waals surface area contributed by atoms with Crippen LogP contribution in [0.1, 0.15) is 25.7 Å². The summed E-state index contributed by atoms with van der Waals surface area (Å²) < 4.78 is 4.52. The van der Waals surface area contributed by atoms with Gasteiger partial charge in [0.25, 0.3) is 0 Å². The third-order valence-electron chi connectivity index (χ3n) is 3.92. The summed E-state index contributed by atoms with van der Waals surface area (Å²) in [5.41, 5.74) is 1.31. The highest BCUT2D eigenvalue weighted by Crippen LogP contribution is 2.25. The second kappa shape index (κ2) is 7.68. The van der Waals surface area contributed by atoms with Gasteiger partial charge >= 0.3 is 12.1 Å². The topological polar surface area (TPSA) is 70.7 Å². The van der Waals surface area contributed by atoms with Crippen molar-refractivity contribution in [2.45, 2.75) is 25.7 Å². The Hall–Kier alpha value is -2.24. The summed E-state index contributed by atoms with van der Waals surface area (Å²) in [6.45, 7) is 0.799. The third kappa shape index (κ3) is 4.65. The van der Waals surface area contributed by atoms with E-state index in [9.17, 15) is 9.59 Å². The molecule has 0 unspecified atom stereocenters. The van der Waals surface area contributed by atoms with Crippen LogP contribution >= 0.6 is 0 Å². The Kier molecular flexibility index (Phi) is 5.63. The van der Waals surface area contributed by atoms with Crippen LogP contribution in [0.5, 0.6) is 0 Å². The molecule has 0 saturated heterocycles. The average molecular weight is 305 g/mol. The number of anilines is 2. The first-order chi connectivity index (χ1) is 10.6. The van der Waals surface area contributed by atoms with E-state index in [1.807, 2.05) is 7.05 Å². The number of amides is 3. The molecule has 0 heterocycles. The fourth-order valence-electron chi connectivity index (χ4n) is 2.69. The van der Waals surface area contributed by atoms with Crippen LogP contribution < -0.4 is 10.6 Å². The summed E-state index contributed by atoms with van der Waals surface area (Å²) >= 11 is 0. The van der Waals surface area contributed by atoms with Crippen molar-refractivity contribution in [1.82, 2.24) is 4.90 Å². The molecule has 0 aromatic heterocycles. The molecule has 0 atom stereocenters. The van der Waals surface area contributed by atoms with Gasteiger partial charge in [-0.1, -0.05) is 12.8 Å². The minimum absolute atomic E-state index is 0.111. The quantitative estimate of drug-likeness (QED) is 0.894. The summed E-state index contributed by atoms with van der Waals surface area (Å²) in [5.74, 6) is 0.627. The molecule has 6 heteroatoms. The molecule has 1 fully saturated rings. The van der Waals surface area contributed by atoms with Crippen molar-refractivity contribution in [1.29, 1.82) is 0 Å². The molecule has 2 rings (SSSR count). The van der Waals surface area contributed by atoms with E-state index < -0.39 is 6.09 Å². The molecule has 2 N–H and O–H groups in total. The first-order valence-electron chi connectivity index (χ1n) is 7.55. The number of nitrogens with zero attached hydrogens (tertiary/aromatic N) is 1. The fraction of sp³-hybridized carbons (Fsp3) is 0.500. The molecule has 6 nitrogen and oxygen atoms in total. The van der Waals surface area contributed by atoms with Crippen LogP contribution in [-0.4, -0.2) is 37.7 Å². The Labute approximate surface area is 130 Å². The maximum Gasteiger partial charge on any atom is 0.411 e. The molecule has 120 valence electrons. The zero-order valence-electron chi connectivity index (χ0n) is 13.1. The lowest BCUT2D eigenvalue weighted by Gasteiger charge is -2.21. The Bertz CT molecular complexity index is 510. The molecule has 0 spiro atoms. The highest BCUT2D eigenvalue weighted by atomic mass is 16.5. The van der Waals surface area contributed by atoms with Gasteiger partial charge in [-0.15, -0.1) is 0 Å². The van der Waals surface area contributed by atoms with Gasteiger partial charge in [-0.2, -0.15) is 0 Å². The molecule has 22 heavy (non-hydrogen) atoms. The van der Waals surface area contributed by atoms with Crippen molar-refractivity contribution in [3.8, 4) is 0 Å². The van der Waals surface area contributed by atoms with Crippen molar-refractivity contribution in [3.05, 3.63) is 24.3 Å². The van der Waals surface area contributed by atoms with E-state index in [0.717, 1.165) is 6.54 Å². The van der Waals surface area contributed by atoms with E-state index in [4.69, 9.17) is 0 Å². The number of ether oxygens (including phenoxy) is 1. The summed E-state index contributed by atoms with van der Waals surface area (Å²) in [6, 6.07) is 6.80. The smallest absolute Gasteiger partial charge is 0.411 e. The number of rotatable bonds is 4. The molecule has 0 radical (unpaired) electrons. The Morgan fingerprint density at radius 1 is 1.14 bits per heavy atom. The Morgan fingerprint density at radius 2 is 1.68 bits per heavy atom. The molecule has 3 amide bonds. The van der Waals surface area contributed by atoms with Gasteiger partial charge in [-0.05, 0) is 43.0 Å². The SMILES string of the molecule is COC(=O)Nc1ccc(NC(=O)N(C)CC2CCCC2)cc1. The lowest BCUT2D eigenvalue weighted by molar-refractivity contribution is 0.187. The van der Waals surface area contributed by atoms with Crippen molar-refractivity contribution in [2.75, 3.05) is 31.3 Å². The van der Waals surface area contributed by atoms with Gasteiger partial charge in [-0.3, -0.25) is 5.32 Å². The maximum absolute atomic E-state index is 12.1. The summed E-state index contributed by atoms with van der Waals surface area (Å²) in [7, 11) is 3.13. The van der Waals surface area contributed by atoms with Crippen molar-refractivity contribution in [2.24, 2.45) is 5.92 Å². The second-order valence-electron chi connectivity index (χ2n) is 5.66. The van der Waals surface area contributed by atoms with E-state index in [0.29, 0.717) is 17.3 Å². The van der Waals surface area contributed by atoms with Crippen molar-refractivity contribution in [3.63, 3.8) is 0 Å². The molecule has 1 saturated carbocycles. The van der Waals surface area contributed by atoms with Gasteiger partial charge in [0.05, 0.1) is 7.11 Å². The zero-order valence-corrected chi connectivity index (χ0v) is 13.1. The standard InChI is InChI=1S/C16H23N3O3/c1-19(11-12-5-3-4-6-12)15(20)17-13-7-9-14(10-8-13)18-16(21)22-2/h7-10,12H,3-6,11H2,1-2H3,(H,17,20)(H,18,21). The lowest BCUT2D eigenvalue weighted by atomic mass is 10.1. The Balaban J connectivity index is 1.84. The van der Waals surface area contributed by atoms with E-state index in [2.05, 4.69) is 15.4 Å². The molecular formula is C16H23N3O3. The Morgan fingerprint density at radius 3 is 2.23 bits per heavy atom. The van der Waals surface area contributed by atoms with Gasteiger partial charge in [0, 0.05) is 25.0 Å². The van der Waals surface area contributed by atoms with Gasteiger partial charge in [0.15, 0.2) is 0 Å². The molecule has 1 aliphatic rings. The number of carbonyl (C=O) groups excluding carboxylic acids is 2. The van der Waals surface area contributed by atoms with Crippen molar-refractivity contribution >= 4 is 23.5 Å². The number of methoxy groups -OCH3 is 1. The van der Waals surface area contributed by atoms with Crippen LogP contribution in [0, 0.1) is 5.92 Å². The number of benzene rings is 1. The zero-order chi connectivity index (χ0) is 15.9. The molecule has 0 bridgehead atoms. The monoisotopic (exact) mass is 305 g/mol. The highest BCUT2D eigenvalue weighted by Gasteiger charge is 2.19. The summed E-state index contributed by atoms with van der Waals surface area (Å²) in [4.78, 5) is 25.0. The fourth-order valence-corrected chi connectivity index (χ4v) is 2.69. The van der Waals surface area contributed by atoms with Crippen LogP contribution in [0.25, 0.3) is 0 Å². The normalized spacial score (nSPS) is 14.5. The van der Waals surface area contributed by atoms with Crippen LogP contribution in [0.4, 0.5) is 21.0 Å². The largest absolute Gasteiger partial charge is 0.453 e. The predicted molar refractivity (Wildman–Crippen MR) is 86.1 cm³/mol. The first-order valence-corrected chi connectivity index (χ1v) is 7.55. The number of hydrogen-bond donors (Lipinski definition) is 2. The number of carbonyl (C=O) groups is 2. The van der Waals surface area contributed by atoms with E-state index in [1.165, 1.54) is 32.8 Å². The van der Waals surface area contributed by atoms with Gasteiger partial charge in [-0.25, -0.2) is 9.59 Å². The molecule has 1 aromatic rings. The average Bonchev–Trinajstić information content (AvgIpc) is 3.02. The van der Waals surface area contributed by atoms with E-state index in [-0.39, 0.29) is 6.03 Å². The van der Waals surface area contributed by atoms with Crippen molar-refractivity contribution < 1.29 is 14.3 Å². The van der Waals surface area contributed by atoms with Crippen LogP contribution in [0.15, 0.2) is 24.3 Å². The second-order valence-corrected chi connectivity index (χ2v) is 5.66. The minimum atomic E-state index is -0.520. The van der Waals surface area contributed by atoms with Crippen LogP contribution in [0.3, 0.4) is 0 Å². The molecule has 0 aliphatic heterocycles. The number of hydrogen-bond acceptors (Lipinski definition) is 3. The summed E-state index contributed by atoms with van der Waals surface area (Å²) in [5, 5.41) is 5.41. The van der Waals surface area contributed by atoms with E-state index >= 15 is 0 Å². The maximum atomic E-state index is 12.1. The minimum Gasteiger partial charge on any atom is -0.453 e. The van der Waals surface area contributed by atoms with Gasteiger partial charge in [0.2, 0.25) is 0 Å². The number of urea groups is 1. The summed E-state index contributed by atoms with van der Waals surface area (Å²) in [6.07, 6.45) is 4.45. The van der Waals surface area contributed by atoms with E-state index in [1.54, 1.807) is 29.2 Å². The number of nitrogens with one attached hydrogen (secondary N) is 2. The molecule has 1 aliphatic carbocycles. The highest BCUT2D eigenvalue weighted by molar-refractivity contribution is 5.90. The third-order valence-corrected chi connectivity index (χ3v) is 3.92. The molecule has 1 aromatic carbocycles.